The van der Waals surface area contributed by atoms with Gasteiger partial charge in [0.15, 0.2) is 0 Å². The fraction of sp³-hybridized carbons (Fsp3) is 0.524. The smallest absolute Gasteiger partial charge is 0.248 e. The number of benzene rings is 1. The van der Waals surface area contributed by atoms with Gasteiger partial charge >= 0.3 is 0 Å². The maximum Gasteiger partial charge on any atom is 0.248 e. The molecule has 0 atom stereocenters. The van der Waals surface area contributed by atoms with E-state index in [0.717, 1.165) is 32.4 Å². The van der Waals surface area contributed by atoms with Crippen molar-refractivity contribution in [2.24, 2.45) is 0 Å². The summed E-state index contributed by atoms with van der Waals surface area (Å²) in [5.74, 6) is 0.0703. The lowest BCUT2D eigenvalue weighted by atomic mass is 9.83. The zero-order chi connectivity index (χ0) is 18.6. The molecular weight excluding hydrogens is 324 g/mol. The molecule has 0 spiro atoms. The lowest BCUT2D eigenvalue weighted by Gasteiger charge is -2.37. The Hall–Kier alpha value is -2.14. The van der Waals surface area contributed by atoms with E-state index in [2.05, 4.69) is 60.8 Å². The molecule has 0 aliphatic carbocycles. The first-order valence-corrected chi connectivity index (χ1v) is 9.56. The lowest BCUT2D eigenvalue weighted by molar-refractivity contribution is -0.132. The second-order valence-electron chi connectivity index (χ2n) is 7.85. The molecule has 0 saturated carbocycles. The lowest BCUT2D eigenvalue weighted by Crippen LogP contribution is -2.56. The Kier molecular flexibility index (Phi) is 5.47. The molecule has 140 valence electrons. The van der Waals surface area contributed by atoms with E-state index in [1.807, 2.05) is 16.9 Å². The highest BCUT2D eigenvalue weighted by molar-refractivity contribution is 5.84. The van der Waals surface area contributed by atoms with Crippen LogP contribution in [0.1, 0.15) is 44.7 Å². The molecule has 2 aromatic rings. The first-order valence-electron chi connectivity index (χ1n) is 9.56. The van der Waals surface area contributed by atoms with Gasteiger partial charge in [0.05, 0.1) is 0 Å². The number of carbonyl (C=O) groups is 1. The molecule has 0 radical (unpaired) electrons. The van der Waals surface area contributed by atoms with Gasteiger partial charge in [-0.2, -0.15) is 5.10 Å². The minimum absolute atomic E-state index is 0.0703. The molecule has 0 unspecified atom stereocenters. The van der Waals surface area contributed by atoms with Crippen LogP contribution in [0.2, 0.25) is 0 Å². The summed E-state index contributed by atoms with van der Waals surface area (Å²) in [5, 5.41) is 10.9. The summed E-state index contributed by atoms with van der Waals surface area (Å²) >= 11 is 0. The SMILES string of the molecule is CCc1ccc(C(C)(C)CNC(=O)C2(n3cccn3)CCNCC2)cc1. The number of hydrogen-bond donors (Lipinski definition) is 2. The van der Waals surface area contributed by atoms with Crippen molar-refractivity contribution in [3.8, 4) is 0 Å². The molecule has 5 nitrogen and oxygen atoms in total. The minimum atomic E-state index is -0.586. The average Bonchev–Trinajstić information content (AvgIpc) is 3.22. The summed E-state index contributed by atoms with van der Waals surface area (Å²) in [6, 6.07) is 10.6. The highest BCUT2D eigenvalue weighted by atomic mass is 16.2. The predicted molar refractivity (Wildman–Crippen MR) is 104 cm³/mol. The molecule has 1 aromatic heterocycles. The summed E-state index contributed by atoms with van der Waals surface area (Å²) in [4.78, 5) is 13.2. The Morgan fingerprint density at radius 3 is 2.54 bits per heavy atom. The van der Waals surface area contributed by atoms with Crippen molar-refractivity contribution in [3.05, 3.63) is 53.9 Å². The molecule has 1 aliphatic heterocycles. The normalized spacial score (nSPS) is 17.0. The van der Waals surface area contributed by atoms with Crippen LogP contribution in [0.25, 0.3) is 0 Å². The average molecular weight is 354 g/mol. The summed E-state index contributed by atoms with van der Waals surface area (Å²) in [7, 11) is 0. The van der Waals surface area contributed by atoms with Crippen LogP contribution in [0.3, 0.4) is 0 Å². The molecule has 1 fully saturated rings. The number of piperidine rings is 1. The third-order valence-electron chi connectivity index (χ3n) is 5.63. The monoisotopic (exact) mass is 354 g/mol. The summed E-state index contributed by atoms with van der Waals surface area (Å²) in [6.45, 7) is 8.78. The number of aryl methyl sites for hydroxylation is 1. The van der Waals surface area contributed by atoms with Crippen LogP contribution >= 0.6 is 0 Å². The molecule has 2 heterocycles. The Labute approximate surface area is 156 Å². The van der Waals surface area contributed by atoms with Gasteiger partial charge in [0.25, 0.3) is 0 Å². The van der Waals surface area contributed by atoms with Gasteiger partial charge in [-0.25, -0.2) is 0 Å². The fourth-order valence-electron chi connectivity index (χ4n) is 3.68. The van der Waals surface area contributed by atoms with E-state index in [-0.39, 0.29) is 11.3 Å². The molecule has 0 bridgehead atoms. The third kappa shape index (κ3) is 3.68. The largest absolute Gasteiger partial charge is 0.353 e. The third-order valence-corrected chi connectivity index (χ3v) is 5.63. The molecule has 26 heavy (non-hydrogen) atoms. The van der Waals surface area contributed by atoms with E-state index in [1.54, 1.807) is 6.20 Å². The van der Waals surface area contributed by atoms with Crippen LogP contribution in [-0.4, -0.2) is 35.3 Å². The zero-order valence-electron chi connectivity index (χ0n) is 16.1. The van der Waals surface area contributed by atoms with Crippen LogP contribution in [-0.2, 0) is 22.2 Å². The number of hydrogen-bond acceptors (Lipinski definition) is 3. The first-order chi connectivity index (χ1) is 12.5. The summed E-state index contributed by atoms with van der Waals surface area (Å²) in [6.07, 6.45) is 6.20. The van der Waals surface area contributed by atoms with Gasteiger partial charge < -0.3 is 10.6 Å². The highest BCUT2D eigenvalue weighted by Gasteiger charge is 2.42. The number of rotatable bonds is 6. The predicted octanol–water partition coefficient (Wildman–Crippen LogP) is 2.62. The summed E-state index contributed by atoms with van der Waals surface area (Å²) < 4.78 is 1.84. The van der Waals surface area contributed by atoms with E-state index in [0.29, 0.717) is 6.54 Å². The van der Waals surface area contributed by atoms with Crippen molar-refractivity contribution in [1.82, 2.24) is 20.4 Å². The number of amides is 1. The molecule has 1 aliphatic rings. The molecule has 1 amide bonds. The second-order valence-corrected chi connectivity index (χ2v) is 7.85. The van der Waals surface area contributed by atoms with Crippen molar-refractivity contribution >= 4 is 5.91 Å². The van der Waals surface area contributed by atoms with Crippen LogP contribution < -0.4 is 10.6 Å². The quantitative estimate of drug-likeness (QED) is 0.838. The van der Waals surface area contributed by atoms with Crippen LogP contribution in [0.4, 0.5) is 0 Å². The summed E-state index contributed by atoms with van der Waals surface area (Å²) in [5.41, 5.74) is 1.87. The first kappa shape index (κ1) is 18.6. The van der Waals surface area contributed by atoms with E-state index in [1.165, 1.54) is 11.1 Å². The Bertz CT molecular complexity index is 713. The van der Waals surface area contributed by atoms with Crippen molar-refractivity contribution in [3.63, 3.8) is 0 Å². The van der Waals surface area contributed by atoms with E-state index >= 15 is 0 Å². The van der Waals surface area contributed by atoms with Crippen LogP contribution in [0.5, 0.6) is 0 Å². The second kappa shape index (κ2) is 7.62. The Morgan fingerprint density at radius 2 is 1.96 bits per heavy atom. The number of aromatic nitrogens is 2. The molecule has 2 N–H and O–H groups in total. The van der Waals surface area contributed by atoms with Crippen LogP contribution in [0.15, 0.2) is 42.7 Å². The van der Waals surface area contributed by atoms with E-state index in [9.17, 15) is 4.79 Å². The van der Waals surface area contributed by atoms with Crippen molar-refractivity contribution < 1.29 is 4.79 Å². The number of nitrogens with zero attached hydrogens (tertiary/aromatic N) is 2. The highest BCUT2D eigenvalue weighted by Crippen LogP contribution is 2.28. The van der Waals surface area contributed by atoms with Gasteiger partial charge in [-0.3, -0.25) is 9.48 Å². The zero-order valence-corrected chi connectivity index (χ0v) is 16.1. The minimum Gasteiger partial charge on any atom is -0.353 e. The topological polar surface area (TPSA) is 59.0 Å². The molecule has 3 rings (SSSR count). The van der Waals surface area contributed by atoms with Crippen LogP contribution in [0, 0.1) is 0 Å². The van der Waals surface area contributed by atoms with Crippen molar-refractivity contribution in [2.45, 2.75) is 51.0 Å². The molecule has 5 heteroatoms. The van der Waals surface area contributed by atoms with Gasteiger partial charge in [-0.05, 0) is 49.5 Å². The Balaban J connectivity index is 1.73. The number of carbonyl (C=O) groups excluding carboxylic acids is 1. The molecular formula is C21H30N4O. The van der Waals surface area contributed by atoms with Crippen molar-refractivity contribution in [1.29, 1.82) is 0 Å². The van der Waals surface area contributed by atoms with E-state index < -0.39 is 5.54 Å². The fourth-order valence-corrected chi connectivity index (χ4v) is 3.68. The maximum atomic E-state index is 13.2. The number of nitrogens with one attached hydrogen (secondary N) is 2. The van der Waals surface area contributed by atoms with Gasteiger partial charge in [0, 0.05) is 24.4 Å². The molecule has 1 aromatic carbocycles. The standard InChI is InChI=1S/C21H30N4O/c1-4-17-6-8-18(9-7-17)20(2,3)16-23-19(26)21(10-13-22-14-11-21)25-15-5-12-24-25/h5-9,12,15,22H,4,10-11,13-14,16H2,1-3H3,(H,23,26). The maximum absolute atomic E-state index is 13.2. The molecule has 1 saturated heterocycles. The van der Waals surface area contributed by atoms with Gasteiger partial charge in [0.1, 0.15) is 5.54 Å². The Morgan fingerprint density at radius 1 is 1.27 bits per heavy atom. The van der Waals surface area contributed by atoms with Crippen molar-refractivity contribution in [2.75, 3.05) is 19.6 Å². The van der Waals surface area contributed by atoms with Gasteiger partial charge in [-0.1, -0.05) is 45.0 Å². The van der Waals surface area contributed by atoms with E-state index in [4.69, 9.17) is 0 Å². The van der Waals surface area contributed by atoms with Gasteiger partial charge in [0.2, 0.25) is 5.91 Å². The van der Waals surface area contributed by atoms with Gasteiger partial charge in [-0.15, -0.1) is 0 Å².